The van der Waals surface area contributed by atoms with Gasteiger partial charge in [0.15, 0.2) is 0 Å². The van der Waals surface area contributed by atoms with E-state index in [1.807, 2.05) is 97.6 Å². The van der Waals surface area contributed by atoms with E-state index in [1.54, 1.807) is 28.0 Å². The Kier molecular flexibility index (Phi) is 13.0. The minimum Gasteiger partial charge on any atom is -0.350 e. The van der Waals surface area contributed by atoms with Crippen LogP contribution in [0.3, 0.4) is 0 Å². The molecular formula is C60H62N18O6. The van der Waals surface area contributed by atoms with E-state index < -0.39 is 0 Å². The minimum absolute atomic E-state index is 0.00453. The summed E-state index contributed by atoms with van der Waals surface area (Å²) < 4.78 is 22.9. The Morgan fingerprint density at radius 2 is 1.01 bits per heavy atom. The molecule has 3 amide bonds. The summed E-state index contributed by atoms with van der Waals surface area (Å²) in [5.74, 6) is 0.634. The molecule has 3 aliphatic heterocycles. The van der Waals surface area contributed by atoms with Gasteiger partial charge < -0.3 is 44.2 Å². The molecule has 0 radical (unpaired) electrons. The predicted octanol–water partition coefficient (Wildman–Crippen LogP) is 6.25. The summed E-state index contributed by atoms with van der Waals surface area (Å²) in [7, 11) is 5.73. The number of carbonyl (C=O) groups excluding carboxylic acids is 3. The van der Waals surface area contributed by atoms with Crippen LogP contribution in [-0.4, -0.2) is 171 Å². The molecule has 0 unspecified atom stereocenters. The molecule has 84 heavy (non-hydrogen) atoms. The van der Waals surface area contributed by atoms with Crippen molar-refractivity contribution in [3.63, 3.8) is 0 Å². The SMILES string of the molecule is CN1CC(c2cn([C@H]3C[C@H](NC(=O)c4cc(-c5cccc(-c6nnn([C@H]7C[C@H](N(C)C(=O)c8cc(-c9cccc(-c%10nnn([C@H]%11C[C@H](N(C)C(=O)c%12cc(-c%13ccccc%13)no%12)C%11)c%10C%10CNC%10)c9)no8)C7)c6C6CNC6)c5)no4)C3)nn2)C1. The summed E-state index contributed by atoms with van der Waals surface area (Å²) in [4.78, 5) is 46.6. The Hall–Kier alpha value is -9.00. The molecule has 428 valence electrons. The fraction of sp³-hybridized carbons (Fsp3) is 0.400. The highest BCUT2D eigenvalue weighted by molar-refractivity contribution is 5.94. The number of nitrogens with zero attached hydrogens (tertiary/aromatic N) is 15. The second kappa shape index (κ2) is 21.0. The summed E-state index contributed by atoms with van der Waals surface area (Å²) in [5, 5.41) is 50.5. The van der Waals surface area contributed by atoms with E-state index in [-0.39, 0.29) is 83.1 Å². The van der Waals surface area contributed by atoms with Crippen LogP contribution in [0.15, 0.2) is 117 Å². The standard InChI is InChI=1S/C60H62N18O6/c1-73-30-40(31-73)50-32-76(70-64-50)44-17-41(18-44)63-58(79)51-23-48(68-82-51)34-11-7-13-36(15-34)54-56(38-26-61-27-38)77(71-65-54)46-21-43(22-46)75(3)60(81)53-25-49(69-84-53)35-12-8-14-37(16-35)55-57(39-28-62-29-39)78(72-66-55)45-19-42(20-45)74(2)59(80)52-24-47(67-83-52)33-9-5-4-6-10-33/h4-16,23-25,32,38-46,61-62H,17-22,26-31H2,1-3H3,(H,63,79)/t41-,42-,43-,44-,45-,46-. The third-order valence-electron chi connectivity index (χ3n) is 18.3. The number of carbonyl (C=O) groups is 3. The Balaban J connectivity index is 0.572. The Bertz CT molecular complexity index is 3920. The highest BCUT2D eigenvalue weighted by Crippen LogP contribution is 2.43. The minimum atomic E-state index is -0.300. The molecule has 3 saturated carbocycles. The van der Waals surface area contributed by atoms with Crippen LogP contribution >= 0.6 is 0 Å². The van der Waals surface area contributed by atoms with Crippen molar-refractivity contribution in [1.29, 1.82) is 0 Å². The molecule has 9 aromatic rings. The molecule has 24 nitrogen and oxygen atoms in total. The molecule has 6 fully saturated rings. The lowest BCUT2D eigenvalue weighted by atomic mass is 9.84. The molecule has 3 N–H and O–H groups in total. The molecule has 3 aliphatic carbocycles. The maximum absolute atomic E-state index is 14.1. The van der Waals surface area contributed by atoms with Crippen LogP contribution in [0.1, 0.15) is 123 Å². The maximum atomic E-state index is 14.1. The molecule has 15 rings (SSSR count). The summed E-state index contributed by atoms with van der Waals surface area (Å²) in [6, 6.07) is 30.9. The number of hydrogen-bond acceptors (Lipinski definition) is 18. The third kappa shape index (κ3) is 9.37. The maximum Gasteiger partial charge on any atom is 0.292 e. The highest BCUT2D eigenvalue weighted by Gasteiger charge is 2.43. The molecule has 24 heteroatoms. The van der Waals surface area contributed by atoms with Gasteiger partial charge in [0.05, 0.1) is 35.2 Å². The van der Waals surface area contributed by atoms with Crippen molar-refractivity contribution in [3.05, 3.63) is 138 Å². The van der Waals surface area contributed by atoms with Crippen LogP contribution in [0.25, 0.3) is 56.3 Å². The van der Waals surface area contributed by atoms with Crippen molar-refractivity contribution in [2.45, 2.75) is 92.5 Å². The highest BCUT2D eigenvalue weighted by atomic mass is 16.5. The van der Waals surface area contributed by atoms with Gasteiger partial charge in [-0.25, -0.2) is 14.0 Å². The molecule has 6 aliphatic rings. The fourth-order valence-corrected chi connectivity index (χ4v) is 12.6. The summed E-state index contributed by atoms with van der Waals surface area (Å²) >= 11 is 0. The van der Waals surface area contributed by atoms with E-state index in [0.717, 1.165) is 121 Å². The smallest absolute Gasteiger partial charge is 0.292 e. The van der Waals surface area contributed by atoms with Gasteiger partial charge in [0.25, 0.3) is 17.7 Å². The molecule has 3 saturated heterocycles. The Morgan fingerprint density at radius 1 is 0.536 bits per heavy atom. The van der Waals surface area contributed by atoms with E-state index >= 15 is 0 Å². The van der Waals surface area contributed by atoms with Crippen LogP contribution in [0, 0.1) is 0 Å². The number of amides is 3. The quantitative estimate of drug-likeness (QED) is 0.0909. The molecule has 6 aromatic heterocycles. The molecule has 3 aromatic carbocycles. The second-order valence-electron chi connectivity index (χ2n) is 23.7. The van der Waals surface area contributed by atoms with E-state index in [9.17, 15) is 14.4 Å². The van der Waals surface area contributed by atoms with Gasteiger partial charge in [0.1, 0.15) is 28.5 Å². The van der Waals surface area contributed by atoms with Gasteiger partial charge in [-0.15, -0.1) is 15.3 Å². The first kappa shape index (κ1) is 51.8. The van der Waals surface area contributed by atoms with E-state index in [4.69, 9.17) is 34.2 Å². The van der Waals surface area contributed by atoms with Crippen molar-refractivity contribution >= 4 is 17.7 Å². The number of benzene rings is 3. The third-order valence-corrected chi connectivity index (χ3v) is 18.3. The lowest BCUT2D eigenvalue weighted by molar-refractivity contribution is 0.0496. The van der Waals surface area contributed by atoms with Gasteiger partial charge >= 0.3 is 0 Å². The van der Waals surface area contributed by atoms with Crippen molar-refractivity contribution in [1.82, 2.24) is 91.1 Å². The number of likely N-dealkylation sites (N-methyl/N-ethyl adjacent to an activating group) is 1. The van der Waals surface area contributed by atoms with Crippen LogP contribution in [0.4, 0.5) is 0 Å². The van der Waals surface area contributed by atoms with Gasteiger partial charge in [-0.1, -0.05) is 97.8 Å². The molecule has 0 atom stereocenters. The summed E-state index contributed by atoms with van der Waals surface area (Å²) in [5.41, 5.74) is 10.7. The van der Waals surface area contributed by atoms with Gasteiger partial charge in [0.2, 0.25) is 17.3 Å². The van der Waals surface area contributed by atoms with E-state index in [1.165, 1.54) is 0 Å². The van der Waals surface area contributed by atoms with E-state index in [2.05, 4.69) is 69.2 Å². The second-order valence-corrected chi connectivity index (χ2v) is 23.7. The zero-order valence-corrected chi connectivity index (χ0v) is 46.7. The van der Waals surface area contributed by atoms with E-state index in [0.29, 0.717) is 35.8 Å². The predicted molar refractivity (Wildman–Crippen MR) is 303 cm³/mol. The molecular weight excluding hydrogens is 1070 g/mol. The number of likely N-dealkylation sites (tertiary alicyclic amines) is 1. The number of aromatic nitrogens is 12. The van der Waals surface area contributed by atoms with Crippen molar-refractivity contribution in [2.75, 3.05) is 60.4 Å². The Morgan fingerprint density at radius 3 is 1.51 bits per heavy atom. The van der Waals surface area contributed by atoms with Gasteiger partial charge in [-0.2, -0.15) is 0 Å². The fourth-order valence-electron chi connectivity index (χ4n) is 12.6. The molecule has 0 spiro atoms. The Labute approximate surface area is 481 Å². The normalized spacial score (nSPS) is 22.5. The van der Waals surface area contributed by atoms with Gasteiger partial charge in [-0.3, -0.25) is 14.4 Å². The van der Waals surface area contributed by atoms with Gasteiger partial charge in [0, 0.05) is 141 Å². The van der Waals surface area contributed by atoms with Crippen LogP contribution in [0.2, 0.25) is 0 Å². The first-order valence-corrected chi connectivity index (χ1v) is 29.0. The van der Waals surface area contributed by atoms with Crippen molar-refractivity contribution < 1.29 is 28.0 Å². The number of rotatable bonds is 17. The van der Waals surface area contributed by atoms with Gasteiger partial charge in [-0.05, 0) is 57.7 Å². The average molecular weight is 1130 g/mol. The number of nitrogens with one attached hydrogen (secondary N) is 3. The van der Waals surface area contributed by atoms with Crippen LogP contribution < -0.4 is 16.0 Å². The van der Waals surface area contributed by atoms with Crippen molar-refractivity contribution in [2.24, 2.45) is 0 Å². The zero-order chi connectivity index (χ0) is 56.7. The molecule has 9 heterocycles. The average Bonchev–Trinajstić information content (AvgIpc) is 2.13. The monoisotopic (exact) mass is 1130 g/mol. The first-order valence-electron chi connectivity index (χ1n) is 29.0. The topological polar surface area (TPSA) is 267 Å². The molecule has 0 bridgehead atoms. The van der Waals surface area contributed by atoms with Crippen molar-refractivity contribution in [3.8, 4) is 56.3 Å². The summed E-state index contributed by atoms with van der Waals surface area (Å²) in [6.45, 7) is 5.24. The van der Waals surface area contributed by atoms with Crippen LogP contribution in [-0.2, 0) is 0 Å². The lowest BCUT2D eigenvalue weighted by Crippen LogP contribution is -2.48. The largest absolute Gasteiger partial charge is 0.350 e. The first-order chi connectivity index (χ1) is 41.0. The van der Waals surface area contributed by atoms with Crippen LogP contribution in [0.5, 0.6) is 0 Å². The summed E-state index contributed by atoms with van der Waals surface area (Å²) in [6.07, 6.45) is 6.44. The zero-order valence-electron chi connectivity index (χ0n) is 46.7. The lowest BCUT2D eigenvalue weighted by Gasteiger charge is -2.42. The number of hydrogen-bond donors (Lipinski definition) is 3.